The predicted molar refractivity (Wildman–Crippen MR) is 93.6 cm³/mol. The first-order valence-corrected chi connectivity index (χ1v) is 9.52. The van der Waals surface area contributed by atoms with Gasteiger partial charge in [-0.05, 0) is 50.5 Å². The van der Waals surface area contributed by atoms with Crippen molar-refractivity contribution in [3.05, 3.63) is 23.8 Å². The maximum absolute atomic E-state index is 12.7. The van der Waals surface area contributed by atoms with E-state index in [4.69, 9.17) is 4.42 Å². The Morgan fingerprint density at radius 3 is 2.81 bits per heavy atom. The minimum atomic E-state index is -0.363. The van der Waals surface area contributed by atoms with Crippen LogP contribution < -0.4 is 5.32 Å². The molecule has 8 nitrogen and oxygen atoms in total. The average Bonchev–Trinajstić information content (AvgIpc) is 3.48. The fourth-order valence-electron chi connectivity index (χ4n) is 4.11. The van der Waals surface area contributed by atoms with E-state index < -0.39 is 0 Å². The van der Waals surface area contributed by atoms with Crippen molar-refractivity contribution in [2.24, 2.45) is 5.41 Å². The number of amides is 1. The van der Waals surface area contributed by atoms with Crippen LogP contribution >= 0.6 is 0 Å². The summed E-state index contributed by atoms with van der Waals surface area (Å²) in [6.07, 6.45) is 7.77. The molecule has 2 saturated carbocycles. The molecule has 2 aromatic rings. The number of aromatic amines is 1. The smallest absolute Gasteiger partial charge is 0.316 e. The lowest BCUT2D eigenvalue weighted by Crippen LogP contribution is -2.45. The van der Waals surface area contributed by atoms with Crippen LogP contribution in [0.5, 0.6) is 0 Å². The molecule has 3 fully saturated rings. The number of piperidine rings is 1. The maximum atomic E-state index is 12.7. The Morgan fingerprint density at radius 1 is 1.31 bits per heavy atom. The van der Waals surface area contributed by atoms with Gasteiger partial charge in [-0.2, -0.15) is 5.10 Å². The first-order chi connectivity index (χ1) is 12.6. The number of nitrogens with zero attached hydrogens (tertiary/aromatic N) is 4. The van der Waals surface area contributed by atoms with Crippen molar-refractivity contribution in [1.82, 2.24) is 25.3 Å². The van der Waals surface area contributed by atoms with Gasteiger partial charge >= 0.3 is 6.01 Å². The van der Waals surface area contributed by atoms with Gasteiger partial charge in [-0.25, -0.2) is 0 Å². The number of likely N-dealkylation sites (tertiary alicyclic amines) is 1. The summed E-state index contributed by atoms with van der Waals surface area (Å²) in [6.45, 7) is 3.60. The van der Waals surface area contributed by atoms with Crippen LogP contribution in [0.4, 0.5) is 6.01 Å². The summed E-state index contributed by atoms with van der Waals surface area (Å²) in [4.78, 5) is 14.6. The van der Waals surface area contributed by atoms with Crippen molar-refractivity contribution in [3.63, 3.8) is 0 Å². The Labute approximate surface area is 151 Å². The molecule has 3 aliphatic rings. The number of rotatable bonds is 5. The van der Waals surface area contributed by atoms with Gasteiger partial charge < -0.3 is 14.6 Å². The number of carbonyl (C=O) groups is 1. The average molecular weight is 356 g/mol. The van der Waals surface area contributed by atoms with Crippen molar-refractivity contribution >= 4 is 11.9 Å². The lowest BCUT2D eigenvalue weighted by atomic mass is 9.93. The molecule has 2 aliphatic carbocycles. The summed E-state index contributed by atoms with van der Waals surface area (Å²) in [5.74, 6) is 1.30. The van der Waals surface area contributed by atoms with Crippen molar-refractivity contribution in [2.75, 3.05) is 18.4 Å². The zero-order chi connectivity index (χ0) is 17.7. The number of anilines is 1. The molecule has 138 valence electrons. The number of aromatic nitrogens is 4. The highest BCUT2D eigenvalue weighted by atomic mass is 16.4. The second-order valence-electron chi connectivity index (χ2n) is 8.08. The summed E-state index contributed by atoms with van der Waals surface area (Å²) >= 11 is 0. The summed E-state index contributed by atoms with van der Waals surface area (Å²) in [7, 11) is 0. The minimum absolute atomic E-state index is 0.112. The van der Waals surface area contributed by atoms with Gasteiger partial charge in [0.2, 0.25) is 11.8 Å². The second kappa shape index (κ2) is 5.82. The van der Waals surface area contributed by atoms with E-state index >= 15 is 0 Å². The topological polar surface area (TPSA) is 99.9 Å². The number of hydrogen-bond acceptors (Lipinski definition) is 6. The molecule has 0 unspecified atom stereocenters. The van der Waals surface area contributed by atoms with Gasteiger partial charge in [-0.15, -0.1) is 5.10 Å². The van der Waals surface area contributed by atoms with Crippen LogP contribution in [0.1, 0.15) is 62.4 Å². The number of nitrogens with one attached hydrogen (secondary N) is 2. The standard InChI is InChI=1S/C18H24N6O2/c1-11(16(25)24-8-5-18(3-4-18)6-9-24)20-17-23-22-15(26-17)13-10-12(13)14-2-7-19-21-14/h2,7,11-13H,3-6,8-10H2,1H3,(H,19,21)(H,20,23)/t11-,12+,13+/m1/s1. The van der Waals surface area contributed by atoms with Crippen LogP contribution in [0, 0.1) is 5.41 Å². The Bertz CT molecular complexity index is 786. The molecule has 3 heterocycles. The molecule has 26 heavy (non-hydrogen) atoms. The minimum Gasteiger partial charge on any atom is -0.408 e. The summed E-state index contributed by atoms with van der Waals surface area (Å²) in [6, 6.07) is 1.94. The number of hydrogen-bond donors (Lipinski definition) is 2. The fraction of sp³-hybridized carbons (Fsp3) is 0.667. The van der Waals surface area contributed by atoms with Crippen molar-refractivity contribution in [3.8, 4) is 0 Å². The first-order valence-electron chi connectivity index (χ1n) is 9.52. The van der Waals surface area contributed by atoms with Crippen LogP contribution in [0.2, 0.25) is 0 Å². The largest absolute Gasteiger partial charge is 0.408 e. The Hall–Kier alpha value is -2.38. The van der Waals surface area contributed by atoms with Crippen LogP contribution in [-0.2, 0) is 4.79 Å². The van der Waals surface area contributed by atoms with Crippen LogP contribution in [-0.4, -0.2) is 50.3 Å². The van der Waals surface area contributed by atoms with Crippen LogP contribution in [0.15, 0.2) is 16.7 Å². The van der Waals surface area contributed by atoms with Crippen LogP contribution in [0.3, 0.4) is 0 Å². The van der Waals surface area contributed by atoms with Gasteiger partial charge in [0.05, 0.1) is 5.69 Å². The van der Waals surface area contributed by atoms with Gasteiger partial charge in [-0.3, -0.25) is 9.89 Å². The molecule has 2 N–H and O–H groups in total. The van der Waals surface area contributed by atoms with Crippen molar-refractivity contribution in [2.45, 2.75) is 56.9 Å². The first kappa shape index (κ1) is 15.8. The third kappa shape index (κ3) is 2.87. The fourth-order valence-corrected chi connectivity index (χ4v) is 4.11. The Kier molecular flexibility index (Phi) is 3.55. The Morgan fingerprint density at radius 2 is 2.12 bits per heavy atom. The summed E-state index contributed by atoms with van der Waals surface area (Å²) in [5.41, 5.74) is 1.61. The quantitative estimate of drug-likeness (QED) is 0.852. The molecule has 0 radical (unpaired) electrons. The molecule has 1 amide bonds. The third-order valence-corrected chi connectivity index (χ3v) is 6.25. The van der Waals surface area contributed by atoms with E-state index in [9.17, 15) is 4.79 Å². The van der Waals surface area contributed by atoms with E-state index in [-0.39, 0.29) is 17.9 Å². The molecule has 1 spiro atoms. The van der Waals surface area contributed by atoms with Crippen molar-refractivity contribution in [1.29, 1.82) is 0 Å². The normalized spacial score (nSPS) is 27.3. The van der Waals surface area contributed by atoms with E-state index in [2.05, 4.69) is 25.7 Å². The zero-order valence-electron chi connectivity index (χ0n) is 14.9. The molecule has 2 aromatic heterocycles. The van der Waals surface area contributed by atoms with Gasteiger partial charge in [0.1, 0.15) is 6.04 Å². The molecule has 0 aromatic carbocycles. The highest BCUT2D eigenvalue weighted by molar-refractivity contribution is 5.83. The summed E-state index contributed by atoms with van der Waals surface area (Å²) < 4.78 is 5.75. The van der Waals surface area contributed by atoms with Gasteiger partial charge in [-0.1, -0.05) is 5.10 Å². The van der Waals surface area contributed by atoms with Crippen molar-refractivity contribution < 1.29 is 9.21 Å². The van der Waals surface area contributed by atoms with E-state index in [0.717, 1.165) is 38.0 Å². The maximum Gasteiger partial charge on any atom is 0.316 e. The predicted octanol–water partition coefficient (Wildman–Crippen LogP) is 2.27. The molecule has 3 atom stereocenters. The van der Waals surface area contributed by atoms with Gasteiger partial charge in [0.15, 0.2) is 0 Å². The highest BCUT2D eigenvalue weighted by Gasteiger charge is 2.46. The van der Waals surface area contributed by atoms with E-state index in [0.29, 0.717) is 23.2 Å². The molecule has 5 rings (SSSR count). The lowest BCUT2D eigenvalue weighted by molar-refractivity contribution is -0.133. The van der Waals surface area contributed by atoms with E-state index in [1.54, 1.807) is 0 Å². The zero-order valence-corrected chi connectivity index (χ0v) is 14.9. The third-order valence-electron chi connectivity index (χ3n) is 6.25. The van der Waals surface area contributed by atoms with E-state index in [1.165, 1.54) is 12.8 Å². The second-order valence-corrected chi connectivity index (χ2v) is 8.08. The molecular weight excluding hydrogens is 332 g/mol. The molecule has 1 aliphatic heterocycles. The Balaban J connectivity index is 1.16. The van der Waals surface area contributed by atoms with Crippen LogP contribution in [0.25, 0.3) is 0 Å². The SMILES string of the molecule is C[C@@H](Nc1nnc([C@H]2C[C@@H]2c2cc[nH]n2)o1)C(=O)N1CCC2(CC1)CC2. The molecule has 0 bridgehead atoms. The van der Waals surface area contributed by atoms with Gasteiger partial charge in [0, 0.05) is 31.1 Å². The monoisotopic (exact) mass is 356 g/mol. The molecule has 8 heteroatoms. The highest BCUT2D eigenvalue weighted by Crippen LogP contribution is 2.54. The van der Waals surface area contributed by atoms with E-state index in [1.807, 2.05) is 24.1 Å². The number of H-pyrrole nitrogens is 1. The lowest BCUT2D eigenvalue weighted by Gasteiger charge is -2.33. The van der Waals surface area contributed by atoms with Gasteiger partial charge in [0.25, 0.3) is 0 Å². The number of carbonyl (C=O) groups excluding carboxylic acids is 1. The molecule has 1 saturated heterocycles. The molecular formula is C18H24N6O2. The summed E-state index contributed by atoms with van der Waals surface area (Å²) in [5, 5.41) is 18.3.